The van der Waals surface area contributed by atoms with Gasteiger partial charge in [-0.1, -0.05) is 54.6 Å². The fourth-order valence-electron chi connectivity index (χ4n) is 3.92. The smallest absolute Gasteiger partial charge is 0.407 e. The number of ether oxygens (including phenoxy) is 1. The number of alkyl carbamates (subject to hydrolysis) is 1. The Labute approximate surface area is 176 Å². The average Bonchev–Trinajstić information content (AvgIpc) is 3.05. The molecule has 0 saturated heterocycles. The van der Waals surface area contributed by atoms with Gasteiger partial charge in [0.1, 0.15) is 12.4 Å². The number of amides is 1. The number of benzene rings is 2. The molecule has 0 bridgehead atoms. The maximum Gasteiger partial charge on any atom is 0.407 e. The molecular weight excluding hydrogens is 374 g/mol. The fourth-order valence-corrected chi connectivity index (χ4v) is 3.92. The highest BCUT2D eigenvalue weighted by molar-refractivity contribution is 5.79. The van der Waals surface area contributed by atoms with Crippen LogP contribution in [0.25, 0.3) is 17.2 Å². The van der Waals surface area contributed by atoms with Crippen LogP contribution < -0.4 is 11.1 Å². The number of aryl methyl sites for hydroxylation is 1. The van der Waals surface area contributed by atoms with Gasteiger partial charge in [0.15, 0.2) is 0 Å². The van der Waals surface area contributed by atoms with E-state index in [4.69, 9.17) is 10.5 Å². The molecule has 1 aromatic heterocycles. The monoisotopic (exact) mass is 399 g/mol. The Balaban J connectivity index is 1.28. The van der Waals surface area contributed by atoms with Crippen molar-refractivity contribution in [3.63, 3.8) is 0 Å². The minimum atomic E-state index is -0.400. The van der Waals surface area contributed by atoms with Crippen LogP contribution in [0, 0.1) is 6.92 Å². The molecule has 152 valence electrons. The van der Waals surface area contributed by atoms with E-state index in [1.54, 1.807) is 0 Å². The van der Waals surface area contributed by atoms with Crippen LogP contribution in [-0.2, 0) is 4.74 Å². The van der Waals surface area contributed by atoms with Crippen molar-refractivity contribution in [2.45, 2.75) is 19.3 Å². The summed E-state index contributed by atoms with van der Waals surface area (Å²) in [5.74, 6) is 0.576. The highest BCUT2D eigenvalue weighted by atomic mass is 16.5. The van der Waals surface area contributed by atoms with Crippen LogP contribution in [0.1, 0.15) is 34.7 Å². The molecule has 5 nitrogen and oxygen atoms in total. The summed E-state index contributed by atoms with van der Waals surface area (Å²) in [7, 11) is 0. The first-order valence-corrected chi connectivity index (χ1v) is 10.1. The third-order valence-electron chi connectivity index (χ3n) is 5.22. The van der Waals surface area contributed by atoms with E-state index in [1.807, 2.05) is 55.5 Å². The summed E-state index contributed by atoms with van der Waals surface area (Å²) < 4.78 is 5.53. The second-order valence-electron chi connectivity index (χ2n) is 7.44. The Morgan fingerprint density at radius 3 is 2.43 bits per heavy atom. The van der Waals surface area contributed by atoms with Gasteiger partial charge in [-0.05, 0) is 59.4 Å². The van der Waals surface area contributed by atoms with Crippen molar-refractivity contribution in [2.75, 3.05) is 18.9 Å². The van der Waals surface area contributed by atoms with Crippen molar-refractivity contribution >= 4 is 18.0 Å². The number of anilines is 1. The molecule has 1 amide bonds. The average molecular weight is 399 g/mol. The normalized spacial score (nSPS) is 12.6. The number of nitrogens with zero attached hydrogens (tertiary/aromatic N) is 1. The van der Waals surface area contributed by atoms with Gasteiger partial charge in [-0.25, -0.2) is 9.78 Å². The quantitative estimate of drug-likeness (QED) is 0.577. The predicted molar refractivity (Wildman–Crippen MR) is 120 cm³/mol. The molecule has 1 aliphatic carbocycles. The SMILES string of the molecule is Cc1cc(N)nc(C=CCCNC(=O)OCC2c3ccccc3-c3ccccc32)c1. The zero-order chi connectivity index (χ0) is 20.9. The molecular formula is C25H25N3O2. The zero-order valence-corrected chi connectivity index (χ0v) is 17.0. The lowest BCUT2D eigenvalue weighted by molar-refractivity contribution is 0.143. The van der Waals surface area contributed by atoms with Crippen molar-refractivity contribution in [1.29, 1.82) is 0 Å². The van der Waals surface area contributed by atoms with Crippen molar-refractivity contribution in [3.05, 3.63) is 89.1 Å². The molecule has 0 spiro atoms. The van der Waals surface area contributed by atoms with E-state index in [1.165, 1.54) is 22.3 Å². The predicted octanol–water partition coefficient (Wildman–Crippen LogP) is 4.91. The van der Waals surface area contributed by atoms with Gasteiger partial charge in [-0.15, -0.1) is 0 Å². The van der Waals surface area contributed by atoms with E-state index >= 15 is 0 Å². The van der Waals surface area contributed by atoms with Crippen LogP contribution in [0.3, 0.4) is 0 Å². The lowest BCUT2D eigenvalue weighted by Crippen LogP contribution is -2.26. The Morgan fingerprint density at radius 2 is 1.77 bits per heavy atom. The highest BCUT2D eigenvalue weighted by Crippen LogP contribution is 2.44. The molecule has 0 fully saturated rings. The molecule has 5 heteroatoms. The molecule has 1 aliphatic rings. The third kappa shape index (κ3) is 4.35. The van der Waals surface area contributed by atoms with Crippen LogP contribution in [0.2, 0.25) is 0 Å². The van der Waals surface area contributed by atoms with Crippen LogP contribution >= 0.6 is 0 Å². The number of carbonyl (C=O) groups excluding carboxylic acids is 1. The summed E-state index contributed by atoms with van der Waals surface area (Å²) in [5.41, 5.74) is 12.5. The number of pyridine rings is 1. The van der Waals surface area contributed by atoms with E-state index in [2.05, 4.69) is 34.6 Å². The summed E-state index contributed by atoms with van der Waals surface area (Å²) in [5, 5.41) is 2.81. The molecule has 3 N–H and O–H groups in total. The number of carbonyl (C=O) groups is 1. The second-order valence-corrected chi connectivity index (χ2v) is 7.44. The first-order chi connectivity index (χ1) is 14.6. The highest BCUT2D eigenvalue weighted by Gasteiger charge is 2.28. The Hall–Kier alpha value is -3.60. The zero-order valence-electron chi connectivity index (χ0n) is 17.0. The molecule has 0 aliphatic heterocycles. The number of nitrogens with two attached hydrogens (primary N) is 1. The standard InChI is InChI=1S/C25H25N3O2/c1-17-14-18(28-24(26)15-17)8-6-7-13-27-25(29)30-16-23-21-11-4-2-9-19(21)20-10-3-5-12-22(20)23/h2-6,8-12,14-15,23H,7,13,16H2,1H3,(H2,26,28)(H,27,29). The largest absolute Gasteiger partial charge is 0.449 e. The molecule has 0 atom stereocenters. The van der Waals surface area contributed by atoms with E-state index in [9.17, 15) is 4.79 Å². The van der Waals surface area contributed by atoms with Crippen LogP contribution in [0.4, 0.5) is 10.6 Å². The molecule has 3 aromatic rings. The van der Waals surface area contributed by atoms with E-state index in [0.29, 0.717) is 25.4 Å². The van der Waals surface area contributed by atoms with Gasteiger partial charge in [0.25, 0.3) is 0 Å². The van der Waals surface area contributed by atoms with Crippen molar-refractivity contribution in [1.82, 2.24) is 10.3 Å². The number of hydrogen-bond donors (Lipinski definition) is 2. The van der Waals surface area contributed by atoms with Crippen molar-refractivity contribution in [3.8, 4) is 11.1 Å². The molecule has 0 saturated carbocycles. The molecule has 0 unspecified atom stereocenters. The summed E-state index contributed by atoms with van der Waals surface area (Å²) >= 11 is 0. The van der Waals surface area contributed by atoms with Crippen LogP contribution in [0.15, 0.2) is 66.7 Å². The summed E-state index contributed by atoms with van der Waals surface area (Å²) in [6, 6.07) is 20.4. The molecule has 4 rings (SSSR count). The Morgan fingerprint density at radius 1 is 1.10 bits per heavy atom. The Kier molecular flexibility index (Phi) is 5.80. The van der Waals surface area contributed by atoms with Crippen LogP contribution in [0.5, 0.6) is 0 Å². The summed E-state index contributed by atoms with van der Waals surface area (Å²) in [6.45, 7) is 2.80. The van der Waals surface area contributed by atoms with E-state index in [-0.39, 0.29) is 5.92 Å². The molecule has 30 heavy (non-hydrogen) atoms. The van der Waals surface area contributed by atoms with Gasteiger partial charge in [0.2, 0.25) is 0 Å². The minimum absolute atomic E-state index is 0.0703. The molecule has 1 heterocycles. The van der Waals surface area contributed by atoms with Gasteiger partial charge >= 0.3 is 6.09 Å². The number of aromatic nitrogens is 1. The first-order valence-electron chi connectivity index (χ1n) is 10.1. The van der Waals surface area contributed by atoms with Crippen molar-refractivity contribution in [2.24, 2.45) is 0 Å². The Bertz CT molecular complexity index is 1030. The number of nitrogen functional groups attached to an aromatic ring is 1. The lowest BCUT2D eigenvalue weighted by Gasteiger charge is -2.14. The first kappa shape index (κ1) is 19.7. The summed E-state index contributed by atoms with van der Waals surface area (Å²) in [6.07, 6.45) is 4.15. The minimum Gasteiger partial charge on any atom is -0.449 e. The van der Waals surface area contributed by atoms with Crippen LogP contribution in [-0.4, -0.2) is 24.2 Å². The number of hydrogen-bond acceptors (Lipinski definition) is 4. The maximum atomic E-state index is 12.2. The fraction of sp³-hybridized carbons (Fsp3) is 0.200. The number of nitrogens with one attached hydrogen (secondary N) is 1. The molecule has 0 radical (unpaired) electrons. The van der Waals surface area contributed by atoms with E-state index < -0.39 is 6.09 Å². The van der Waals surface area contributed by atoms with Gasteiger partial charge in [0, 0.05) is 12.5 Å². The topological polar surface area (TPSA) is 77.2 Å². The van der Waals surface area contributed by atoms with E-state index in [0.717, 1.165) is 11.3 Å². The second kappa shape index (κ2) is 8.82. The van der Waals surface area contributed by atoms with Gasteiger partial charge in [0.05, 0.1) is 5.69 Å². The maximum absolute atomic E-state index is 12.2. The van der Waals surface area contributed by atoms with Gasteiger partial charge in [-0.3, -0.25) is 0 Å². The lowest BCUT2D eigenvalue weighted by atomic mass is 9.98. The van der Waals surface area contributed by atoms with Gasteiger partial charge in [-0.2, -0.15) is 0 Å². The van der Waals surface area contributed by atoms with Crippen molar-refractivity contribution < 1.29 is 9.53 Å². The third-order valence-corrected chi connectivity index (χ3v) is 5.22. The number of fused-ring (bicyclic) bond motifs is 3. The molecule has 2 aromatic carbocycles. The van der Waals surface area contributed by atoms with Gasteiger partial charge < -0.3 is 15.8 Å². The number of rotatable bonds is 6. The summed E-state index contributed by atoms with van der Waals surface area (Å²) in [4.78, 5) is 16.4.